The van der Waals surface area contributed by atoms with Crippen molar-refractivity contribution in [2.45, 2.75) is 52.0 Å². The van der Waals surface area contributed by atoms with Crippen molar-refractivity contribution in [1.82, 2.24) is 0 Å². The van der Waals surface area contributed by atoms with Crippen LogP contribution in [0.2, 0.25) is 0 Å². The maximum atomic E-state index is 12.5. The van der Waals surface area contributed by atoms with Gasteiger partial charge in [-0.05, 0) is 87.3 Å². The molecule has 1 N–H and O–H groups in total. The third-order valence-corrected chi connectivity index (χ3v) is 6.31. The zero-order valence-electron chi connectivity index (χ0n) is 16.4. The zero-order chi connectivity index (χ0) is 18.8. The molecule has 0 unspecified atom stereocenters. The monoisotopic (exact) mass is 362 g/mol. The second-order valence-electron chi connectivity index (χ2n) is 8.53. The summed E-state index contributed by atoms with van der Waals surface area (Å²) >= 11 is 0. The van der Waals surface area contributed by atoms with Crippen LogP contribution in [0.5, 0.6) is 0 Å². The lowest BCUT2D eigenvalue weighted by molar-refractivity contribution is -0.117. The maximum Gasteiger partial charge on any atom is 0.224 e. The first-order chi connectivity index (χ1) is 13.1. The summed E-state index contributed by atoms with van der Waals surface area (Å²) in [6.45, 7) is 4.38. The summed E-state index contributed by atoms with van der Waals surface area (Å²) < 4.78 is 0. The third kappa shape index (κ3) is 4.02. The molecule has 2 saturated carbocycles. The highest BCUT2D eigenvalue weighted by atomic mass is 16.1. The van der Waals surface area contributed by atoms with Crippen molar-refractivity contribution in [3.05, 3.63) is 54.6 Å². The number of hydrogen-bond donors (Lipinski definition) is 1. The van der Waals surface area contributed by atoms with Gasteiger partial charge >= 0.3 is 0 Å². The Kier molecular flexibility index (Phi) is 5.20. The summed E-state index contributed by atoms with van der Waals surface area (Å²) in [5.74, 6) is 2.47. The summed E-state index contributed by atoms with van der Waals surface area (Å²) in [5, 5.41) is 3.11. The number of carbonyl (C=O) groups is 1. The summed E-state index contributed by atoms with van der Waals surface area (Å²) in [7, 11) is 0. The van der Waals surface area contributed by atoms with Crippen LogP contribution in [0.15, 0.2) is 54.6 Å². The second kappa shape index (κ2) is 7.75. The molecule has 0 radical (unpaired) electrons. The average Bonchev–Trinajstić information content (AvgIpc) is 3.27. The van der Waals surface area contributed by atoms with Gasteiger partial charge in [0.25, 0.3) is 0 Å². The smallest absolute Gasteiger partial charge is 0.224 e. The average molecular weight is 363 g/mol. The lowest BCUT2D eigenvalue weighted by atomic mass is 9.86. The first kappa shape index (κ1) is 18.1. The van der Waals surface area contributed by atoms with Crippen molar-refractivity contribution in [2.75, 3.05) is 10.2 Å². The Balaban J connectivity index is 1.40. The number of hydrogen-bond acceptors (Lipinski definition) is 2. The Morgan fingerprint density at radius 3 is 2.30 bits per heavy atom. The molecule has 3 nitrogen and oxygen atoms in total. The lowest BCUT2D eigenvalue weighted by Crippen LogP contribution is -2.25. The predicted octanol–water partition coefficient (Wildman–Crippen LogP) is 6.00. The van der Waals surface area contributed by atoms with Gasteiger partial charge in [0.2, 0.25) is 5.91 Å². The first-order valence-electron chi connectivity index (χ1n) is 10.3. The molecule has 2 bridgehead atoms. The number of benzene rings is 2. The van der Waals surface area contributed by atoms with Gasteiger partial charge in [-0.3, -0.25) is 4.79 Å². The van der Waals surface area contributed by atoms with Crippen LogP contribution in [0.4, 0.5) is 17.1 Å². The molecule has 0 aliphatic heterocycles. The van der Waals surface area contributed by atoms with Crippen molar-refractivity contribution < 1.29 is 4.79 Å². The lowest BCUT2D eigenvalue weighted by Gasteiger charge is -2.29. The Labute approximate surface area is 162 Å². The van der Waals surface area contributed by atoms with Crippen molar-refractivity contribution in [1.29, 1.82) is 0 Å². The quantitative estimate of drug-likeness (QED) is 0.684. The van der Waals surface area contributed by atoms with Crippen molar-refractivity contribution in [3.8, 4) is 0 Å². The van der Waals surface area contributed by atoms with E-state index in [0.29, 0.717) is 18.4 Å². The molecular weight excluding hydrogens is 332 g/mol. The summed E-state index contributed by atoms with van der Waals surface area (Å²) in [4.78, 5) is 14.8. The highest BCUT2D eigenvalue weighted by molar-refractivity contribution is 5.91. The number of para-hydroxylation sites is 1. The SMILES string of the molecule is CC(C)N(c1ccccc1)c1ccc(NC(=O)C[C@@H]2C[C@@H]3CC[C@@H]2C3)cc1. The first-order valence-corrected chi connectivity index (χ1v) is 10.3. The molecule has 2 fully saturated rings. The van der Waals surface area contributed by atoms with Crippen molar-refractivity contribution in [2.24, 2.45) is 17.8 Å². The van der Waals surface area contributed by atoms with Gasteiger partial charge in [-0.15, -0.1) is 0 Å². The molecule has 3 atom stereocenters. The van der Waals surface area contributed by atoms with E-state index in [1.54, 1.807) is 0 Å². The van der Waals surface area contributed by atoms with Gasteiger partial charge < -0.3 is 10.2 Å². The molecule has 2 aromatic rings. The van der Waals surface area contributed by atoms with E-state index in [2.05, 4.69) is 60.5 Å². The number of fused-ring (bicyclic) bond motifs is 2. The van der Waals surface area contributed by atoms with Crippen molar-refractivity contribution in [3.63, 3.8) is 0 Å². The molecule has 2 aliphatic carbocycles. The van der Waals surface area contributed by atoms with Crippen LogP contribution >= 0.6 is 0 Å². The van der Waals surface area contributed by atoms with E-state index in [1.165, 1.54) is 31.4 Å². The van der Waals surface area contributed by atoms with Crippen LogP contribution in [0.1, 0.15) is 46.0 Å². The third-order valence-electron chi connectivity index (χ3n) is 6.31. The minimum absolute atomic E-state index is 0.170. The Bertz CT molecular complexity index is 769. The zero-order valence-corrected chi connectivity index (χ0v) is 16.4. The minimum Gasteiger partial charge on any atom is -0.339 e. The second-order valence-corrected chi connectivity index (χ2v) is 8.53. The molecule has 0 saturated heterocycles. The fourth-order valence-corrected chi connectivity index (χ4v) is 5.12. The molecule has 27 heavy (non-hydrogen) atoms. The van der Waals surface area contributed by atoms with Crippen LogP contribution in [-0.4, -0.2) is 11.9 Å². The van der Waals surface area contributed by atoms with Gasteiger partial charge in [0.15, 0.2) is 0 Å². The van der Waals surface area contributed by atoms with Gasteiger partial charge in [-0.2, -0.15) is 0 Å². The number of nitrogens with zero attached hydrogens (tertiary/aromatic N) is 1. The van der Waals surface area contributed by atoms with Gasteiger partial charge in [-0.25, -0.2) is 0 Å². The molecule has 4 rings (SSSR count). The minimum atomic E-state index is 0.170. The van der Waals surface area contributed by atoms with E-state index in [4.69, 9.17) is 0 Å². The van der Waals surface area contributed by atoms with E-state index in [1.807, 2.05) is 18.2 Å². The van der Waals surface area contributed by atoms with Gasteiger partial charge in [0.1, 0.15) is 0 Å². The summed E-state index contributed by atoms with van der Waals surface area (Å²) in [5.41, 5.74) is 3.21. The van der Waals surface area contributed by atoms with E-state index in [9.17, 15) is 4.79 Å². The van der Waals surface area contributed by atoms with Gasteiger partial charge in [-0.1, -0.05) is 24.6 Å². The molecule has 0 spiro atoms. The highest BCUT2D eigenvalue weighted by Crippen LogP contribution is 2.49. The molecule has 142 valence electrons. The van der Waals surface area contributed by atoms with E-state index in [-0.39, 0.29) is 5.91 Å². The van der Waals surface area contributed by atoms with Crippen LogP contribution in [0.3, 0.4) is 0 Å². The molecule has 0 aromatic heterocycles. The molecule has 3 heteroatoms. The van der Waals surface area contributed by atoms with Gasteiger partial charge in [0, 0.05) is 29.5 Å². The van der Waals surface area contributed by atoms with Crippen LogP contribution in [0.25, 0.3) is 0 Å². The largest absolute Gasteiger partial charge is 0.339 e. The highest BCUT2D eigenvalue weighted by Gasteiger charge is 2.40. The van der Waals surface area contributed by atoms with Gasteiger partial charge in [0.05, 0.1) is 0 Å². The predicted molar refractivity (Wildman–Crippen MR) is 112 cm³/mol. The number of amides is 1. The normalized spacial score (nSPS) is 23.6. The van der Waals surface area contributed by atoms with Crippen molar-refractivity contribution >= 4 is 23.0 Å². The standard InChI is InChI=1S/C24H30N2O/c1-17(2)26(22-6-4-3-5-7-22)23-12-10-21(11-13-23)25-24(27)16-20-15-18-8-9-19(20)14-18/h3-7,10-13,17-20H,8-9,14-16H2,1-2H3,(H,25,27)/t18-,19-,20+/m1/s1. The number of carbonyl (C=O) groups excluding carboxylic acids is 1. The van der Waals surface area contributed by atoms with Crippen LogP contribution < -0.4 is 10.2 Å². The maximum absolute atomic E-state index is 12.5. The van der Waals surface area contributed by atoms with E-state index >= 15 is 0 Å². The van der Waals surface area contributed by atoms with E-state index < -0.39 is 0 Å². The molecule has 0 heterocycles. The molecule has 2 aliphatic rings. The van der Waals surface area contributed by atoms with Crippen LogP contribution in [0, 0.1) is 17.8 Å². The Hall–Kier alpha value is -2.29. The Morgan fingerprint density at radius 1 is 1.00 bits per heavy atom. The number of nitrogens with one attached hydrogen (secondary N) is 1. The Morgan fingerprint density at radius 2 is 1.70 bits per heavy atom. The topological polar surface area (TPSA) is 32.3 Å². The summed E-state index contributed by atoms with van der Waals surface area (Å²) in [6.07, 6.45) is 6.03. The number of rotatable bonds is 6. The summed E-state index contributed by atoms with van der Waals surface area (Å²) in [6, 6.07) is 19.0. The number of anilines is 3. The molecular formula is C24H30N2O. The molecule has 1 amide bonds. The fraction of sp³-hybridized carbons (Fsp3) is 0.458. The van der Waals surface area contributed by atoms with E-state index in [0.717, 1.165) is 23.2 Å². The fourth-order valence-electron chi connectivity index (χ4n) is 5.12. The van der Waals surface area contributed by atoms with Crippen LogP contribution in [-0.2, 0) is 4.79 Å². The molecule has 2 aromatic carbocycles.